The van der Waals surface area contributed by atoms with Gasteiger partial charge in [-0.05, 0) is 48.9 Å². The average Bonchev–Trinajstić information content (AvgIpc) is 3.18. The molecule has 1 atom stereocenters. The van der Waals surface area contributed by atoms with Crippen LogP contribution in [-0.2, 0) is 12.8 Å². The lowest BCUT2D eigenvalue weighted by molar-refractivity contribution is -0.384. The predicted octanol–water partition coefficient (Wildman–Crippen LogP) is 2.87. The molecule has 0 bridgehead atoms. The van der Waals surface area contributed by atoms with Crippen LogP contribution < -0.4 is 16.9 Å². The Morgan fingerprint density at radius 1 is 1.00 bits per heavy atom. The van der Waals surface area contributed by atoms with Crippen molar-refractivity contribution in [1.82, 2.24) is 14.3 Å². The summed E-state index contributed by atoms with van der Waals surface area (Å²) in [6, 6.07) is 11.9. The molecule has 9 heteroatoms. The highest BCUT2D eigenvalue weighted by Gasteiger charge is 2.38. The van der Waals surface area contributed by atoms with Gasteiger partial charge in [-0.1, -0.05) is 24.3 Å². The van der Waals surface area contributed by atoms with E-state index in [0.717, 1.165) is 36.9 Å². The molecule has 0 spiro atoms. The van der Waals surface area contributed by atoms with Gasteiger partial charge in [-0.15, -0.1) is 0 Å². The number of nitro groups is 1. The van der Waals surface area contributed by atoms with E-state index in [1.165, 1.54) is 21.5 Å². The molecule has 2 N–H and O–H groups in total. The highest BCUT2D eigenvalue weighted by molar-refractivity contribution is 5.81. The van der Waals surface area contributed by atoms with E-state index in [0.29, 0.717) is 28.0 Å². The smallest absolute Gasteiger partial charge is 0.279 e. The monoisotopic (exact) mass is 441 g/mol. The van der Waals surface area contributed by atoms with Crippen molar-refractivity contribution < 1.29 is 4.92 Å². The van der Waals surface area contributed by atoms with Crippen molar-refractivity contribution in [1.29, 1.82) is 0 Å². The van der Waals surface area contributed by atoms with E-state index in [9.17, 15) is 19.7 Å². The van der Waals surface area contributed by atoms with E-state index in [2.05, 4.69) is 0 Å². The van der Waals surface area contributed by atoms with Crippen LogP contribution in [-0.4, -0.2) is 19.3 Å². The predicted molar refractivity (Wildman–Crippen MR) is 123 cm³/mol. The molecule has 164 valence electrons. The van der Waals surface area contributed by atoms with Crippen molar-refractivity contribution in [2.45, 2.75) is 31.7 Å². The lowest BCUT2D eigenvalue weighted by atomic mass is 9.89. The first-order valence-corrected chi connectivity index (χ1v) is 10.8. The van der Waals surface area contributed by atoms with E-state index in [1.807, 2.05) is 0 Å². The zero-order chi connectivity index (χ0) is 22.9. The number of anilines is 1. The van der Waals surface area contributed by atoms with Gasteiger partial charge in [-0.25, -0.2) is 9.67 Å². The van der Waals surface area contributed by atoms with Crippen molar-refractivity contribution in [3.63, 3.8) is 0 Å². The minimum atomic E-state index is -0.801. The Bertz CT molecular complexity index is 1620. The van der Waals surface area contributed by atoms with Crippen LogP contribution in [0, 0.1) is 10.1 Å². The number of aromatic nitrogens is 3. The molecule has 2 aliphatic rings. The lowest BCUT2D eigenvalue weighted by Crippen LogP contribution is -2.36. The van der Waals surface area contributed by atoms with Crippen molar-refractivity contribution >= 4 is 22.1 Å². The number of nitrogens with zero attached hydrogens (tertiary/aromatic N) is 4. The van der Waals surface area contributed by atoms with E-state index in [-0.39, 0.29) is 22.2 Å². The van der Waals surface area contributed by atoms with Crippen LogP contribution in [0.4, 0.5) is 11.4 Å². The Morgan fingerprint density at radius 2 is 1.73 bits per heavy atom. The Hall–Kier alpha value is -4.27. The first-order chi connectivity index (χ1) is 16.0. The van der Waals surface area contributed by atoms with Gasteiger partial charge in [0.15, 0.2) is 5.82 Å². The molecule has 4 aromatic rings. The summed E-state index contributed by atoms with van der Waals surface area (Å²) in [5.74, 6) is 0.331. The number of fused-ring (bicyclic) bond motifs is 5. The molecule has 3 heterocycles. The zero-order valence-electron chi connectivity index (χ0n) is 17.5. The molecular formula is C24H19N5O4. The molecule has 0 radical (unpaired) electrons. The summed E-state index contributed by atoms with van der Waals surface area (Å²) in [5, 5.41) is 12.0. The van der Waals surface area contributed by atoms with E-state index in [4.69, 9.17) is 10.7 Å². The number of aryl methyl sites for hydroxylation is 1. The quantitative estimate of drug-likeness (QED) is 0.332. The number of rotatable bonds is 2. The van der Waals surface area contributed by atoms with Gasteiger partial charge in [0, 0.05) is 29.1 Å². The fourth-order valence-electron chi connectivity index (χ4n) is 5.16. The third kappa shape index (κ3) is 2.62. The number of nitrogens with two attached hydrogens (primary N) is 1. The highest BCUT2D eigenvalue weighted by Crippen LogP contribution is 2.42. The van der Waals surface area contributed by atoms with Crippen LogP contribution in [0.2, 0.25) is 0 Å². The van der Waals surface area contributed by atoms with Crippen LogP contribution in [0.15, 0.2) is 58.1 Å². The van der Waals surface area contributed by atoms with Gasteiger partial charge in [-0.2, -0.15) is 4.68 Å². The van der Waals surface area contributed by atoms with Crippen LogP contribution >= 0.6 is 0 Å². The summed E-state index contributed by atoms with van der Waals surface area (Å²) in [6.45, 7) is 0. The van der Waals surface area contributed by atoms with Crippen LogP contribution in [0.3, 0.4) is 0 Å². The summed E-state index contributed by atoms with van der Waals surface area (Å²) < 4.78 is 2.65. The number of nitro benzene ring substituents is 1. The fourth-order valence-corrected chi connectivity index (χ4v) is 5.16. The molecule has 1 aliphatic carbocycles. The van der Waals surface area contributed by atoms with E-state index < -0.39 is 11.0 Å². The summed E-state index contributed by atoms with van der Waals surface area (Å²) in [6.07, 6.45) is 3.48. The number of hydrogen-bond acceptors (Lipinski definition) is 6. The van der Waals surface area contributed by atoms with Crippen molar-refractivity contribution in [2.75, 3.05) is 5.73 Å². The van der Waals surface area contributed by atoms with Gasteiger partial charge >= 0.3 is 0 Å². The minimum Gasteiger partial charge on any atom is -0.398 e. The Balaban J connectivity index is 1.77. The second-order valence-corrected chi connectivity index (χ2v) is 8.46. The average molecular weight is 441 g/mol. The Morgan fingerprint density at radius 3 is 2.48 bits per heavy atom. The number of benzene rings is 2. The Kier molecular flexibility index (Phi) is 4.04. The minimum absolute atomic E-state index is 0.104. The second kappa shape index (κ2) is 6.86. The maximum Gasteiger partial charge on any atom is 0.279 e. The molecule has 0 amide bonds. The first-order valence-electron chi connectivity index (χ1n) is 10.8. The van der Waals surface area contributed by atoms with Gasteiger partial charge in [-0.3, -0.25) is 19.7 Å². The van der Waals surface area contributed by atoms with Crippen molar-refractivity contribution in [2.24, 2.45) is 0 Å². The number of hydrogen-bond donors (Lipinski definition) is 1. The number of non-ortho nitro benzene ring substituents is 1. The molecule has 33 heavy (non-hydrogen) atoms. The largest absolute Gasteiger partial charge is 0.398 e. The highest BCUT2D eigenvalue weighted by atomic mass is 16.6. The summed E-state index contributed by atoms with van der Waals surface area (Å²) in [4.78, 5) is 43.1. The SMILES string of the molecule is Nc1c2c(nc3c1C(c1cccc([N+](=O)[O-])c1)n1c(=O)c4ccccc4c(=O)n1-3)CCCC2. The molecule has 2 aromatic carbocycles. The van der Waals surface area contributed by atoms with Crippen LogP contribution in [0.25, 0.3) is 16.6 Å². The molecule has 2 aromatic heterocycles. The van der Waals surface area contributed by atoms with Gasteiger partial charge in [0.1, 0.15) is 6.04 Å². The van der Waals surface area contributed by atoms with Gasteiger partial charge in [0.2, 0.25) is 0 Å². The first kappa shape index (κ1) is 19.4. The molecule has 0 saturated carbocycles. The third-order valence-corrected chi connectivity index (χ3v) is 6.65. The molecule has 0 fully saturated rings. The fraction of sp³-hybridized carbons (Fsp3) is 0.208. The summed E-state index contributed by atoms with van der Waals surface area (Å²) in [7, 11) is 0. The zero-order valence-corrected chi connectivity index (χ0v) is 17.5. The maximum absolute atomic E-state index is 13.7. The van der Waals surface area contributed by atoms with E-state index >= 15 is 0 Å². The molecule has 9 nitrogen and oxygen atoms in total. The van der Waals surface area contributed by atoms with E-state index in [1.54, 1.807) is 36.4 Å². The van der Waals surface area contributed by atoms with Gasteiger partial charge < -0.3 is 5.73 Å². The van der Waals surface area contributed by atoms with Crippen LogP contribution in [0.5, 0.6) is 0 Å². The molecule has 0 saturated heterocycles. The normalized spacial score (nSPS) is 16.3. The summed E-state index contributed by atoms with van der Waals surface area (Å²) >= 11 is 0. The molecule has 1 unspecified atom stereocenters. The second-order valence-electron chi connectivity index (χ2n) is 8.46. The van der Waals surface area contributed by atoms with Crippen molar-refractivity contribution in [3.05, 3.63) is 102 Å². The number of pyridine rings is 1. The van der Waals surface area contributed by atoms with Crippen LogP contribution in [0.1, 0.15) is 41.3 Å². The maximum atomic E-state index is 13.7. The lowest BCUT2D eigenvalue weighted by Gasteiger charge is -2.21. The molecule has 1 aliphatic heterocycles. The van der Waals surface area contributed by atoms with Gasteiger partial charge in [0.25, 0.3) is 16.8 Å². The van der Waals surface area contributed by atoms with Crippen molar-refractivity contribution in [3.8, 4) is 5.82 Å². The van der Waals surface area contributed by atoms with Gasteiger partial charge in [0.05, 0.1) is 15.7 Å². The standard InChI is InChI=1S/C24H19N5O4/c25-20-17-10-3-4-11-18(17)26-22-19(20)21(13-6-5-7-14(12-13)29(32)33)27-23(30)15-8-1-2-9-16(15)24(31)28(22)27/h1-2,5-9,12,21H,3-4,10-11H2,(H2,25,26). The number of nitrogen functional groups attached to an aromatic ring is 1. The Labute approximate surface area is 186 Å². The summed E-state index contributed by atoms with van der Waals surface area (Å²) in [5.41, 5.74) is 9.16. The topological polar surface area (TPSA) is 126 Å². The molecule has 6 rings (SSSR count). The molecular weight excluding hydrogens is 422 g/mol. The third-order valence-electron chi connectivity index (χ3n) is 6.65.